The Kier molecular flexibility index (Phi) is 5.62. The average Bonchev–Trinajstić information content (AvgIpc) is 2.90. The van der Waals surface area contributed by atoms with Crippen LogP contribution in [0.1, 0.15) is 22.6 Å². The monoisotopic (exact) mass is 331 g/mol. The highest BCUT2D eigenvalue weighted by molar-refractivity contribution is 5.77. The van der Waals surface area contributed by atoms with E-state index in [-0.39, 0.29) is 5.91 Å². The van der Waals surface area contributed by atoms with Crippen molar-refractivity contribution in [3.63, 3.8) is 0 Å². The minimum absolute atomic E-state index is 0.0273. The number of hydrogen-bond acceptors (Lipinski definition) is 5. The molecule has 1 aromatic carbocycles. The lowest BCUT2D eigenvalue weighted by molar-refractivity contribution is -0.121. The lowest BCUT2D eigenvalue weighted by Gasteiger charge is -2.13. The molecule has 0 radical (unpaired) electrons. The average molecular weight is 331 g/mol. The second-order valence-corrected chi connectivity index (χ2v) is 5.93. The maximum absolute atomic E-state index is 11.5. The van der Waals surface area contributed by atoms with Crippen LogP contribution < -0.4 is 10.1 Å². The summed E-state index contributed by atoms with van der Waals surface area (Å²) in [6.07, 6.45) is 0. The Bertz CT molecular complexity index is 737. The molecule has 1 heterocycles. The van der Waals surface area contributed by atoms with Crippen molar-refractivity contribution >= 4 is 5.91 Å². The highest BCUT2D eigenvalue weighted by atomic mass is 16.5. The molecular weight excluding hydrogens is 306 g/mol. The van der Waals surface area contributed by atoms with E-state index in [4.69, 9.17) is 9.15 Å². The molecule has 1 N–H and O–H groups in total. The van der Waals surface area contributed by atoms with Gasteiger partial charge in [-0.05, 0) is 51.1 Å². The zero-order chi connectivity index (χ0) is 17.9. The van der Waals surface area contributed by atoms with Crippen LogP contribution in [0.25, 0.3) is 11.5 Å². The molecule has 0 fully saturated rings. The number of rotatable bonds is 6. The highest BCUT2D eigenvalue weighted by Gasteiger charge is 2.17. The van der Waals surface area contributed by atoms with Crippen LogP contribution in [-0.4, -0.2) is 43.5 Å². The Morgan fingerprint density at radius 2 is 2.00 bits per heavy atom. The molecule has 0 saturated carbocycles. The second-order valence-electron chi connectivity index (χ2n) is 5.93. The van der Waals surface area contributed by atoms with Gasteiger partial charge in [-0.15, -0.1) is 0 Å². The second kappa shape index (κ2) is 7.49. The van der Waals surface area contributed by atoms with Gasteiger partial charge in [0, 0.05) is 19.2 Å². The van der Waals surface area contributed by atoms with Crippen molar-refractivity contribution in [1.29, 1.82) is 0 Å². The Hall–Kier alpha value is -2.34. The van der Waals surface area contributed by atoms with Crippen molar-refractivity contribution in [2.75, 3.05) is 27.7 Å². The molecule has 0 aliphatic heterocycles. The number of aromatic nitrogens is 1. The first-order chi connectivity index (χ1) is 11.4. The first-order valence-corrected chi connectivity index (χ1v) is 7.87. The summed E-state index contributed by atoms with van der Waals surface area (Å²) in [7, 11) is 5.17. The van der Waals surface area contributed by atoms with Gasteiger partial charge in [-0.3, -0.25) is 9.69 Å². The van der Waals surface area contributed by atoms with Crippen molar-refractivity contribution in [3.05, 3.63) is 34.7 Å². The molecule has 0 bridgehead atoms. The molecule has 0 unspecified atom stereocenters. The van der Waals surface area contributed by atoms with Crippen LogP contribution in [0, 0.1) is 20.8 Å². The number of amides is 1. The maximum atomic E-state index is 11.5. The first kappa shape index (κ1) is 18.0. The quantitative estimate of drug-likeness (QED) is 0.881. The number of methoxy groups -OCH3 is 1. The number of oxazole rings is 1. The van der Waals surface area contributed by atoms with Crippen LogP contribution in [0.2, 0.25) is 0 Å². The number of nitrogens with zero attached hydrogens (tertiary/aromatic N) is 2. The third kappa shape index (κ3) is 3.76. The summed E-state index contributed by atoms with van der Waals surface area (Å²) in [5.74, 6) is 2.19. The molecule has 1 amide bonds. The topological polar surface area (TPSA) is 67.6 Å². The first-order valence-electron chi connectivity index (χ1n) is 7.87. The molecule has 0 spiro atoms. The number of hydrogen-bond donors (Lipinski definition) is 1. The molecule has 6 nitrogen and oxygen atoms in total. The van der Waals surface area contributed by atoms with E-state index < -0.39 is 0 Å². The number of benzene rings is 1. The van der Waals surface area contributed by atoms with Crippen LogP contribution in [-0.2, 0) is 11.3 Å². The Labute approximate surface area is 142 Å². The molecule has 0 aliphatic rings. The molecule has 2 rings (SSSR count). The van der Waals surface area contributed by atoms with Gasteiger partial charge in [0.05, 0.1) is 19.3 Å². The molecule has 0 saturated heterocycles. The summed E-state index contributed by atoms with van der Waals surface area (Å²) in [4.78, 5) is 18.0. The maximum Gasteiger partial charge on any atom is 0.233 e. The Morgan fingerprint density at radius 1 is 1.29 bits per heavy atom. The normalized spacial score (nSPS) is 11.0. The van der Waals surface area contributed by atoms with Gasteiger partial charge in [-0.1, -0.05) is 0 Å². The number of likely N-dealkylation sites (N-methyl/N-ethyl adjacent to an activating group) is 2. The van der Waals surface area contributed by atoms with Crippen LogP contribution in [0.15, 0.2) is 16.5 Å². The summed E-state index contributed by atoms with van der Waals surface area (Å²) in [5, 5.41) is 2.62. The van der Waals surface area contributed by atoms with E-state index in [9.17, 15) is 4.79 Å². The third-order valence-corrected chi connectivity index (χ3v) is 4.19. The standard InChI is InChI=1S/C18H25N3O3/c1-11-12(2)16(23-6)8-7-14(11)18-20-15(13(3)24-18)9-21(5)10-17(22)19-4/h7-8H,9-10H2,1-6H3,(H,19,22). The van der Waals surface area contributed by atoms with Crippen molar-refractivity contribution in [1.82, 2.24) is 15.2 Å². The van der Waals surface area contributed by atoms with E-state index in [1.165, 1.54) is 0 Å². The zero-order valence-electron chi connectivity index (χ0n) is 15.2. The van der Waals surface area contributed by atoms with E-state index in [1.54, 1.807) is 14.2 Å². The zero-order valence-corrected chi connectivity index (χ0v) is 15.2. The highest BCUT2D eigenvalue weighted by Crippen LogP contribution is 2.31. The van der Waals surface area contributed by atoms with E-state index in [1.807, 2.05) is 44.9 Å². The van der Waals surface area contributed by atoms with Gasteiger partial charge in [0.25, 0.3) is 0 Å². The predicted molar refractivity (Wildman–Crippen MR) is 93.1 cm³/mol. The summed E-state index contributed by atoms with van der Waals surface area (Å²) in [5.41, 5.74) is 3.95. The van der Waals surface area contributed by atoms with Gasteiger partial charge in [0.1, 0.15) is 11.5 Å². The minimum atomic E-state index is -0.0273. The fourth-order valence-electron chi connectivity index (χ4n) is 2.57. The number of carbonyl (C=O) groups excluding carboxylic acids is 1. The molecule has 2 aromatic rings. The van der Waals surface area contributed by atoms with E-state index >= 15 is 0 Å². The van der Waals surface area contributed by atoms with Gasteiger partial charge < -0.3 is 14.5 Å². The predicted octanol–water partition coefficient (Wildman–Crippen LogP) is 2.45. The third-order valence-electron chi connectivity index (χ3n) is 4.19. The minimum Gasteiger partial charge on any atom is -0.496 e. The molecule has 0 aliphatic carbocycles. The number of aryl methyl sites for hydroxylation is 1. The van der Waals surface area contributed by atoms with Crippen LogP contribution in [0.3, 0.4) is 0 Å². The Morgan fingerprint density at radius 3 is 2.62 bits per heavy atom. The summed E-state index contributed by atoms with van der Waals surface area (Å²) in [6, 6.07) is 3.89. The van der Waals surface area contributed by atoms with Gasteiger partial charge in [0.15, 0.2) is 0 Å². The number of carbonyl (C=O) groups is 1. The van der Waals surface area contributed by atoms with Gasteiger partial charge in [-0.25, -0.2) is 4.98 Å². The SMILES string of the molecule is CNC(=O)CN(C)Cc1nc(-c2ccc(OC)c(C)c2C)oc1C. The molecule has 1 aromatic heterocycles. The molecular formula is C18H25N3O3. The fourth-order valence-corrected chi connectivity index (χ4v) is 2.57. The Balaban J connectivity index is 2.26. The van der Waals surface area contributed by atoms with Crippen molar-refractivity contribution in [2.24, 2.45) is 0 Å². The summed E-state index contributed by atoms with van der Waals surface area (Å²) < 4.78 is 11.2. The number of ether oxygens (including phenoxy) is 1. The fraction of sp³-hybridized carbons (Fsp3) is 0.444. The summed E-state index contributed by atoms with van der Waals surface area (Å²) in [6.45, 7) is 6.82. The lowest BCUT2D eigenvalue weighted by atomic mass is 10.0. The van der Waals surface area contributed by atoms with Gasteiger partial charge >= 0.3 is 0 Å². The van der Waals surface area contributed by atoms with Gasteiger partial charge in [0.2, 0.25) is 11.8 Å². The van der Waals surface area contributed by atoms with Crippen LogP contribution >= 0.6 is 0 Å². The van der Waals surface area contributed by atoms with Crippen molar-refractivity contribution in [3.8, 4) is 17.2 Å². The van der Waals surface area contributed by atoms with Crippen molar-refractivity contribution < 1.29 is 13.9 Å². The lowest BCUT2D eigenvalue weighted by Crippen LogP contribution is -2.32. The molecule has 24 heavy (non-hydrogen) atoms. The van der Waals surface area contributed by atoms with Crippen molar-refractivity contribution in [2.45, 2.75) is 27.3 Å². The largest absolute Gasteiger partial charge is 0.496 e. The molecule has 6 heteroatoms. The van der Waals surface area contributed by atoms with E-state index in [0.717, 1.165) is 33.9 Å². The van der Waals surface area contributed by atoms with Crippen LogP contribution in [0.5, 0.6) is 5.75 Å². The number of nitrogens with one attached hydrogen (secondary N) is 1. The van der Waals surface area contributed by atoms with E-state index in [0.29, 0.717) is 19.0 Å². The summed E-state index contributed by atoms with van der Waals surface area (Å²) >= 11 is 0. The smallest absolute Gasteiger partial charge is 0.233 e. The van der Waals surface area contributed by atoms with Gasteiger partial charge in [-0.2, -0.15) is 0 Å². The molecule has 0 atom stereocenters. The molecule has 130 valence electrons. The van der Waals surface area contributed by atoms with E-state index in [2.05, 4.69) is 10.3 Å². The van der Waals surface area contributed by atoms with Crippen LogP contribution in [0.4, 0.5) is 0 Å².